The highest BCUT2D eigenvalue weighted by Gasteiger charge is 2.34. The average Bonchev–Trinajstić information content (AvgIpc) is 3.19. The zero-order valence-corrected chi connectivity index (χ0v) is 16.6. The van der Waals surface area contributed by atoms with Crippen LogP contribution < -0.4 is 0 Å². The quantitative estimate of drug-likeness (QED) is 0.635. The lowest BCUT2D eigenvalue weighted by atomic mass is 10.1. The number of benzene rings is 2. The van der Waals surface area contributed by atoms with Crippen LogP contribution in [-0.2, 0) is 21.2 Å². The van der Waals surface area contributed by atoms with Crippen molar-refractivity contribution in [3.8, 4) is 0 Å². The van der Waals surface area contributed by atoms with Gasteiger partial charge in [-0.05, 0) is 30.7 Å². The molecular formula is C20H20FN3O4S. The number of morpholine rings is 1. The maximum absolute atomic E-state index is 13.8. The number of ether oxygens (including phenoxy) is 1. The molecule has 29 heavy (non-hydrogen) atoms. The Labute approximate surface area is 168 Å². The molecule has 0 radical (unpaired) electrons. The highest BCUT2D eigenvalue weighted by atomic mass is 32.2. The zero-order valence-electron chi connectivity index (χ0n) is 15.8. The molecule has 4 rings (SSSR count). The van der Waals surface area contributed by atoms with E-state index in [2.05, 4.69) is 10.1 Å². The number of hydrogen-bond acceptors (Lipinski definition) is 6. The molecule has 0 aliphatic carbocycles. The smallest absolute Gasteiger partial charge is 0.257 e. The summed E-state index contributed by atoms with van der Waals surface area (Å²) in [5.74, 6) is 0.149. The maximum atomic E-state index is 13.8. The Hall–Kier alpha value is -2.62. The maximum Gasteiger partial charge on any atom is 0.257 e. The van der Waals surface area contributed by atoms with Crippen LogP contribution >= 0.6 is 0 Å². The first-order valence-electron chi connectivity index (χ1n) is 9.18. The van der Waals surface area contributed by atoms with Crippen molar-refractivity contribution in [2.45, 2.75) is 24.3 Å². The molecule has 2 aromatic carbocycles. The molecule has 0 saturated carbocycles. The van der Waals surface area contributed by atoms with E-state index in [-0.39, 0.29) is 42.7 Å². The van der Waals surface area contributed by atoms with E-state index in [1.165, 1.54) is 10.4 Å². The van der Waals surface area contributed by atoms with Crippen LogP contribution in [0.5, 0.6) is 0 Å². The molecule has 7 nitrogen and oxygen atoms in total. The molecule has 0 bridgehead atoms. The van der Waals surface area contributed by atoms with Gasteiger partial charge in [-0.3, -0.25) is 0 Å². The Bertz CT molecular complexity index is 1100. The number of aromatic nitrogens is 2. The van der Waals surface area contributed by atoms with Crippen LogP contribution in [0.2, 0.25) is 0 Å². The Morgan fingerprint density at radius 3 is 2.69 bits per heavy atom. The molecule has 1 unspecified atom stereocenters. The molecular weight excluding hydrogens is 397 g/mol. The molecule has 1 saturated heterocycles. The third-order valence-corrected chi connectivity index (χ3v) is 6.63. The lowest BCUT2D eigenvalue weighted by Gasteiger charge is -2.30. The molecule has 1 aliphatic heterocycles. The minimum Gasteiger partial charge on any atom is -0.366 e. The molecule has 0 spiro atoms. The summed E-state index contributed by atoms with van der Waals surface area (Å²) in [6.45, 7) is 2.41. The SMILES string of the molecule is Cc1ccc(S(=O)(=O)N2CCOC(c3nc(Cc4ccccc4F)no3)C2)cc1. The highest BCUT2D eigenvalue weighted by Crippen LogP contribution is 2.26. The lowest BCUT2D eigenvalue weighted by Crippen LogP contribution is -2.42. The predicted octanol–water partition coefficient (Wildman–Crippen LogP) is 2.87. The summed E-state index contributed by atoms with van der Waals surface area (Å²) < 4.78 is 51.9. The summed E-state index contributed by atoms with van der Waals surface area (Å²) >= 11 is 0. The molecule has 9 heteroatoms. The topological polar surface area (TPSA) is 85.5 Å². The van der Waals surface area contributed by atoms with Crippen molar-refractivity contribution >= 4 is 10.0 Å². The van der Waals surface area contributed by atoms with E-state index in [1.54, 1.807) is 42.5 Å². The number of aryl methyl sites for hydroxylation is 1. The fraction of sp³-hybridized carbons (Fsp3) is 0.300. The standard InChI is InChI=1S/C20H20FN3O4S/c1-14-6-8-16(9-7-14)29(25,26)24-10-11-27-18(13-24)20-22-19(23-28-20)12-15-4-2-3-5-17(15)21/h2-9,18H,10-13H2,1H3. The van der Waals surface area contributed by atoms with Gasteiger partial charge in [0.25, 0.3) is 5.89 Å². The van der Waals surface area contributed by atoms with Gasteiger partial charge in [0.05, 0.1) is 11.5 Å². The van der Waals surface area contributed by atoms with Gasteiger partial charge in [0.15, 0.2) is 11.9 Å². The first-order chi connectivity index (χ1) is 13.9. The molecule has 1 aliphatic rings. The van der Waals surface area contributed by atoms with Gasteiger partial charge in [-0.1, -0.05) is 41.1 Å². The minimum absolute atomic E-state index is 0.0670. The summed E-state index contributed by atoms with van der Waals surface area (Å²) in [5, 5.41) is 3.88. The van der Waals surface area contributed by atoms with Gasteiger partial charge in [-0.15, -0.1) is 0 Å². The van der Waals surface area contributed by atoms with Gasteiger partial charge in [0.1, 0.15) is 5.82 Å². The van der Waals surface area contributed by atoms with E-state index in [0.717, 1.165) is 5.56 Å². The number of hydrogen-bond donors (Lipinski definition) is 0. The van der Waals surface area contributed by atoms with Gasteiger partial charge in [-0.25, -0.2) is 12.8 Å². The van der Waals surface area contributed by atoms with Crippen LogP contribution in [0.4, 0.5) is 4.39 Å². The zero-order chi connectivity index (χ0) is 20.4. The van der Waals surface area contributed by atoms with Gasteiger partial charge < -0.3 is 9.26 Å². The van der Waals surface area contributed by atoms with Gasteiger partial charge in [-0.2, -0.15) is 9.29 Å². The van der Waals surface area contributed by atoms with Gasteiger partial charge in [0.2, 0.25) is 10.0 Å². The first-order valence-corrected chi connectivity index (χ1v) is 10.6. The second kappa shape index (κ2) is 8.02. The second-order valence-corrected chi connectivity index (χ2v) is 8.79. The summed E-state index contributed by atoms with van der Waals surface area (Å²) in [6.07, 6.45) is -0.500. The molecule has 0 N–H and O–H groups in total. The molecule has 1 aromatic heterocycles. The Kier molecular flexibility index (Phi) is 5.44. The summed E-state index contributed by atoms with van der Waals surface area (Å²) in [6, 6.07) is 13.1. The van der Waals surface area contributed by atoms with E-state index >= 15 is 0 Å². The summed E-state index contributed by atoms with van der Waals surface area (Å²) in [5.41, 5.74) is 1.44. The van der Waals surface area contributed by atoms with Crippen LogP contribution in [0, 0.1) is 12.7 Å². The van der Waals surface area contributed by atoms with E-state index < -0.39 is 16.1 Å². The van der Waals surface area contributed by atoms with E-state index in [0.29, 0.717) is 11.4 Å². The summed E-state index contributed by atoms with van der Waals surface area (Å²) in [7, 11) is -3.65. The number of rotatable bonds is 5. The highest BCUT2D eigenvalue weighted by molar-refractivity contribution is 7.89. The number of sulfonamides is 1. The van der Waals surface area contributed by atoms with Gasteiger partial charge in [0, 0.05) is 19.5 Å². The Balaban J connectivity index is 1.50. The van der Waals surface area contributed by atoms with Crippen molar-refractivity contribution in [1.82, 2.24) is 14.4 Å². The first kappa shape index (κ1) is 19.7. The van der Waals surface area contributed by atoms with E-state index in [1.807, 2.05) is 6.92 Å². The largest absolute Gasteiger partial charge is 0.366 e. The Morgan fingerprint density at radius 1 is 1.17 bits per heavy atom. The molecule has 2 heterocycles. The fourth-order valence-corrected chi connectivity index (χ4v) is 4.56. The van der Waals surface area contributed by atoms with Crippen molar-refractivity contribution in [2.75, 3.05) is 19.7 Å². The lowest BCUT2D eigenvalue weighted by molar-refractivity contribution is -0.0199. The molecule has 152 valence electrons. The second-order valence-electron chi connectivity index (χ2n) is 6.85. The van der Waals surface area contributed by atoms with Crippen molar-refractivity contribution in [3.63, 3.8) is 0 Å². The van der Waals surface area contributed by atoms with Crippen molar-refractivity contribution in [3.05, 3.63) is 77.2 Å². The van der Waals surface area contributed by atoms with Crippen molar-refractivity contribution in [1.29, 1.82) is 0 Å². The van der Waals surface area contributed by atoms with Crippen LogP contribution in [0.3, 0.4) is 0 Å². The third kappa shape index (κ3) is 4.21. The molecule has 3 aromatic rings. The number of halogens is 1. The van der Waals surface area contributed by atoms with Gasteiger partial charge >= 0.3 is 0 Å². The molecule has 1 atom stereocenters. The monoisotopic (exact) mass is 417 g/mol. The average molecular weight is 417 g/mol. The molecule has 0 amide bonds. The van der Waals surface area contributed by atoms with Crippen molar-refractivity contribution in [2.24, 2.45) is 0 Å². The van der Waals surface area contributed by atoms with Crippen LogP contribution in [0.25, 0.3) is 0 Å². The fourth-order valence-electron chi connectivity index (χ4n) is 3.13. The van der Waals surface area contributed by atoms with Crippen LogP contribution in [-0.4, -0.2) is 42.6 Å². The summed E-state index contributed by atoms with van der Waals surface area (Å²) in [4.78, 5) is 4.51. The van der Waals surface area contributed by atoms with Crippen LogP contribution in [0.1, 0.15) is 28.9 Å². The van der Waals surface area contributed by atoms with Crippen molar-refractivity contribution < 1.29 is 22.1 Å². The minimum atomic E-state index is -3.65. The van der Waals surface area contributed by atoms with E-state index in [9.17, 15) is 12.8 Å². The normalized spacial score (nSPS) is 18.1. The van der Waals surface area contributed by atoms with E-state index in [4.69, 9.17) is 9.26 Å². The van der Waals surface area contributed by atoms with Crippen LogP contribution in [0.15, 0.2) is 57.9 Å². The number of nitrogens with zero attached hydrogens (tertiary/aromatic N) is 3. The Morgan fingerprint density at radius 2 is 1.93 bits per heavy atom. The molecule has 1 fully saturated rings. The predicted molar refractivity (Wildman–Crippen MR) is 102 cm³/mol. The third-order valence-electron chi connectivity index (χ3n) is 4.75.